The molecule has 0 amide bonds. The zero-order valence-corrected chi connectivity index (χ0v) is 9.22. The van der Waals surface area contributed by atoms with Gasteiger partial charge in [-0.2, -0.15) is 5.26 Å². The van der Waals surface area contributed by atoms with Crippen molar-refractivity contribution in [3.8, 4) is 6.07 Å². The number of nitro benzene ring substituents is 1. The Hall–Kier alpha value is -2.13. The molecule has 0 aromatic heterocycles. The summed E-state index contributed by atoms with van der Waals surface area (Å²) in [4.78, 5) is 10.1. The van der Waals surface area contributed by atoms with Crippen LogP contribution in [0, 0.1) is 21.4 Å². The van der Waals surface area contributed by atoms with E-state index in [1.165, 1.54) is 12.1 Å². The van der Waals surface area contributed by atoms with Crippen molar-refractivity contribution in [1.29, 1.82) is 5.26 Å². The van der Waals surface area contributed by atoms with Crippen molar-refractivity contribution in [2.24, 2.45) is 0 Å². The van der Waals surface area contributed by atoms with Gasteiger partial charge in [0.05, 0.1) is 4.92 Å². The van der Waals surface area contributed by atoms with Gasteiger partial charge in [0.1, 0.15) is 11.6 Å². The van der Waals surface area contributed by atoms with Gasteiger partial charge in [-0.3, -0.25) is 10.1 Å². The number of rotatable bonds is 6. The number of nitrogens with one attached hydrogen (secondary N) is 1. The molecule has 1 aromatic rings. The Balaban J connectivity index is 2.72. The summed E-state index contributed by atoms with van der Waals surface area (Å²) in [6, 6.07) is 6.18. The second-order valence-electron chi connectivity index (χ2n) is 3.46. The number of benzene rings is 1. The van der Waals surface area contributed by atoms with E-state index in [-0.39, 0.29) is 17.9 Å². The van der Waals surface area contributed by atoms with E-state index in [0.29, 0.717) is 18.7 Å². The summed E-state index contributed by atoms with van der Waals surface area (Å²) < 4.78 is 0. The lowest BCUT2D eigenvalue weighted by Crippen LogP contribution is -2.03. The molecule has 0 atom stereocenters. The minimum Gasteiger partial charge on any atom is -0.396 e. The number of aliphatic hydroxyl groups is 1. The van der Waals surface area contributed by atoms with Gasteiger partial charge in [0.25, 0.3) is 5.69 Å². The zero-order valence-electron chi connectivity index (χ0n) is 9.22. The normalized spacial score (nSPS) is 9.65. The summed E-state index contributed by atoms with van der Waals surface area (Å²) in [5.41, 5.74) is 0.462. The predicted octanol–water partition coefficient (Wildman–Crippen LogP) is 1.65. The van der Waals surface area contributed by atoms with Crippen molar-refractivity contribution in [1.82, 2.24) is 0 Å². The molecule has 0 fully saturated rings. The molecule has 0 spiro atoms. The van der Waals surface area contributed by atoms with E-state index in [4.69, 9.17) is 10.4 Å². The number of nitrogens with zero attached hydrogens (tertiary/aromatic N) is 2. The van der Waals surface area contributed by atoms with Gasteiger partial charge in [-0.1, -0.05) is 0 Å². The summed E-state index contributed by atoms with van der Waals surface area (Å²) >= 11 is 0. The maximum Gasteiger partial charge on any atom is 0.289 e. The first-order chi connectivity index (χ1) is 8.19. The van der Waals surface area contributed by atoms with E-state index in [1.807, 2.05) is 0 Å². The number of unbranched alkanes of at least 4 members (excludes halogenated alkanes) is 1. The third kappa shape index (κ3) is 3.74. The van der Waals surface area contributed by atoms with Crippen LogP contribution in [0.15, 0.2) is 18.2 Å². The smallest absolute Gasteiger partial charge is 0.289 e. The zero-order chi connectivity index (χ0) is 12.7. The SMILES string of the molecule is N#Cc1ccc(NCCCCO)cc1[N+](=O)[O-]. The van der Waals surface area contributed by atoms with Crippen LogP contribution in [0.3, 0.4) is 0 Å². The van der Waals surface area contributed by atoms with Crippen LogP contribution in [-0.2, 0) is 0 Å². The fraction of sp³-hybridized carbons (Fsp3) is 0.364. The molecule has 0 radical (unpaired) electrons. The Labute approximate surface area is 98.6 Å². The quantitative estimate of drug-likeness (QED) is 0.443. The van der Waals surface area contributed by atoms with Crippen LogP contribution in [-0.4, -0.2) is 23.2 Å². The van der Waals surface area contributed by atoms with E-state index >= 15 is 0 Å². The topological polar surface area (TPSA) is 99.2 Å². The molecule has 0 saturated carbocycles. The monoisotopic (exact) mass is 235 g/mol. The first kappa shape index (κ1) is 12.9. The number of hydrogen-bond donors (Lipinski definition) is 2. The highest BCUT2D eigenvalue weighted by atomic mass is 16.6. The number of nitriles is 1. The third-order valence-electron chi connectivity index (χ3n) is 2.23. The van der Waals surface area contributed by atoms with Gasteiger partial charge < -0.3 is 10.4 Å². The van der Waals surface area contributed by atoms with Crippen LogP contribution in [0.2, 0.25) is 0 Å². The molecule has 6 nitrogen and oxygen atoms in total. The summed E-state index contributed by atoms with van der Waals surface area (Å²) in [6.07, 6.45) is 1.47. The molecule has 0 aliphatic heterocycles. The summed E-state index contributed by atoms with van der Waals surface area (Å²) in [6.45, 7) is 0.763. The maximum absolute atomic E-state index is 10.7. The number of nitro groups is 1. The Morgan fingerprint density at radius 2 is 2.24 bits per heavy atom. The minimum atomic E-state index is -0.572. The highest BCUT2D eigenvalue weighted by molar-refractivity contribution is 5.59. The third-order valence-corrected chi connectivity index (χ3v) is 2.23. The maximum atomic E-state index is 10.7. The molecule has 90 valence electrons. The fourth-order valence-corrected chi connectivity index (χ4v) is 1.36. The molecule has 0 heterocycles. The molecule has 0 aliphatic carbocycles. The number of anilines is 1. The minimum absolute atomic E-state index is 0.0518. The molecule has 1 aromatic carbocycles. The van der Waals surface area contributed by atoms with Crippen molar-refractivity contribution in [3.05, 3.63) is 33.9 Å². The van der Waals surface area contributed by atoms with Crippen LogP contribution in [0.25, 0.3) is 0 Å². The Morgan fingerprint density at radius 3 is 2.82 bits per heavy atom. The van der Waals surface area contributed by atoms with E-state index in [2.05, 4.69) is 5.32 Å². The van der Waals surface area contributed by atoms with E-state index in [0.717, 1.165) is 6.42 Å². The molecule has 0 unspecified atom stereocenters. The molecule has 0 bridgehead atoms. The van der Waals surface area contributed by atoms with Crippen LogP contribution >= 0.6 is 0 Å². The lowest BCUT2D eigenvalue weighted by Gasteiger charge is -2.05. The van der Waals surface area contributed by atoms with Crippen molar-refractivity contribution in [2.75, 3.05) is 18.5 Å². The molecule has 0 aliphatic rings. The molecule has 2 N–H and O–H groups in total. The predicted molar refractivity (Wildman–Crippen MR) is 62.6 cm³/mol. The van der Waals surface area contributed by atoms with Gasteiger partial charge in [0.15, 0.2) is 0 Å². The fourth-order valence-electron chi connectivity index (χ4n) is 1.36. The van der Waals surface area contributed by atoms with Crippen molar-refractivity contribution >= 4 is 11.4 Å². The summed E-state index contributed by atoms with van der Waals surface area (Å²) in [5, 5.41) is 31.0. The number of aliphatic hydroxyl groups excluding tert-OH is 1. The van der Waals surface area contributed by atoms with Gasteiger partial charge in [0.2, 0.25) is 0 Å². The highest BCUT2D eigenvalue weighted by Gasteiger charge is 2.13. The molecular weight excluding hydrogens is 222 g/mol. The van der Waals surface area contributed by atoms with Crippen LogP contribution < -0.4 is 5.32 Å². The van der Waals surface area contributed by atoms with Gasteiger partial charge in [0, 0.05) is 24.9 Å². The van der Waals surface area contributed by atoms with E-state index < -0.39 is 4.92 Å². The lowest BCUT2D eigenvalue weighted by molar-refractivity contribution is -0.385. The van der Waals surface area contributed by atoms with Crippen molar-refractivity contribution < 1.29 is 10.0 Å². The van der Waals surface area contributed by atoms with E-state index in [1.54, 1.807) is 12.1 Å². The second-order valence-corrected chi connectivity index (χ2v) is 3.46. The Morgan fingerprint density at radius 1 is 1.47 bits per heavy atom. The standard InChI is InChI=1S/C11H13N3O3/c12-8-9-3-4-10(7-11(9)14(16)17)13-5-1-2-6-15/h3-4,7,13,15H,1-2,5-6H2. The van der Waals surface area contributed by atoms with Crippen molar-refractivity contribution in [2.45, 2.75) is 12.8 Å². The van der Waals surface area contributed by atoms with Gasteiger partial charge in [-0.05, 0) is 25.0 Å². The molecule has 1 rings (SSSR count). The van der Waals surface area contributed by atoms with Crippen LogP contribution in [0.1, 0.15) is 18.4 Å². The molecule has 6 heteroatoms. The van der Waals surface area contributed by atoms with Crippen LogP contribution in [0.5, 0.6) is 0 Å². The molecule has 17 heavy (non-hydrogen) atoms. The first-order valence-corrected chi connectivity index (χ1v) is 5.22. The van der Waals surface area contributed by atoms with Crippen LogP contribution in [0.4, 0.5) is 11.4 Å². The highest BCUT2D eigenvalue weighted by Crippen LogP contribution is 2.22. The van der Waals surface area contributed by atoms with Gasteiger partial charge in [-0.25, -0.2) is 0 Å². The van der Waals surface area contributed by atoms with Crippen molar-refractivity contribution in [3.63, 3.8) is 0 Å². The Kier molecular flexibility index (Phi) is 4.91. The molecule has 0 saturated heterocycles. The van der Waals surface area contributed by atoms with E-state index in [9.17, 15) is 10.1 Å². The average molecular weight is 235 g/mol. The van der Waals surface area contributed by atoms with Gasteiger partial charge >= 0.3 is 0 Å². The number of hydrogen-bond acceptors (Lipinski definition) is 5. The second kappa shape index (κ2) is 6.45. The largest absolute Gasteiger partial charge is 0.396 e. The summed E-state index contributed by atoms with van der Waals surface area (Å²) in [5.74, 6) is 0. The van der Waals surface area contributed by atoms with Gasteiger partial charge in [-0.15, -0.1) is 0 Å². The Bertz CT molecular complexity index is 440. The first-order valence-electron chi connectivity index (χ1n) is 5.22. The lowest BCUT2D eigenvalue weighted by atomic mass is 10.1. The molecular formula is C11H13N3O3. The summed E-state index contributed by atoms with van der Waals surface area (Å²) in [7, 11) is 0. The average Bonchev–Trinajstić information content (AvgIpc) is 2.34.